The number of hydrogen-bond donors (Lipinski definition) is 0. The molecule has 0 atom stereocenters. The lowest BCUT2D eigenvalue weighted by Gasteiger charge is -2.11. The Kier molecular flexibility index (Phi) is 3.99. The molecule has 1 aromatic heterocycles. The summed E-state index contributed by atoms with van der Waals surface area (Å²) in [5.74, 6) is -0.225. The standard InChI is InChI=1S/C18H15FN2.ClH/c19-15-8-10-16(11-9-15)21-18-14(12-20-21)6-3-5-13-4-1-2-7-17(13)18;/h1-2,4,7-12H,3,5-6H2;1H. The van der Waals surface area contributed by atoms with Crippen molar-refractivity contribution in [2.45, 2.75) is 19.3 Å². The predicted octanol–water partition coefficient (Wildman–Crippen LogP) is 4.59. The van der Waals surface area contributed by atoms with Gasteiger partial charge in [0.25, 0.3) is 0 Å². The van der Waals surface area contributed by atoms with E-state index in [1.165, 1.54) is 28.8 Å². The molecule has 0 spiro atoms. The monoisotopic (exact) mass is 314 g/mol. The van der Waals surface area contributed by atoms with E-state index >= 15 is 0 Å². The van der Waals surface area contributed by atoms with Crippen LogP contribution in [0.3, 0.4) is 0 Å². The van der Waals surface area contributed by atoms with Crippen LogP contribution in [0, 0.1) is 5.82 Å². The third kappa shape index (κ3) is 2.42. The van der Waals surface area contributed by atoms with Crippen LogP contribution < -0.4 is 0 Å². The summed E-state index contributed by atoms with van der Waals surface area (Å²) in [6, 6.07) is 15.0. The van der Waals surface area contributed by atoms with Crippen molar-refractivity contribution in [1.82, 2.24) is 9.78 Å². The van der Waals surface area contributed by atoms with Gasteiger partial charge in [0.05, 0.1) is 17.6 Å². The van der Waals surface area contributed by atoms with Gasteiger partial charge in [-0.05, 0) is 54.7 Å². The molecule has 0 amide bonds. The number of aromatic nitrogens is 2. The molecule has 3 aromatic rings. The average Bonchev–Trinajstić information content (AvgIpc) is 2.84. The van der Waals surface area contributed by atoms with Crippen LogP contribution >= 0.6 is 12.4 Å². The SMILES string of the molecule is Cl.Fc1ccc(-n2ncc3c2-c2ccccc2CCC3)cc1. The van der Waals surface area contributed by atoms with Crippen LogP contribution in [0.4, 0.5) is 4.39 Å². The second-order valence-corrected chi connectivity index (χ2v) is 5.42. The van der Waals surface area contributed by atoms with E-state index in [9.17, 15) is 4.39 Å². The molecular formula is C18H16ClFN2. The maximum Gasteiger partial charge on any atom is 0.123 e. The molecule has 112 valence electrons. The highest BCUT2D eigenvalue weighted by atomic mass is 35.5. The molecular weight excluding hydrogens is 299 g/mol. The highest BCUT2D eigenvalue weighted by Crippen LogP contribution is 2.33. The van der Waals surface area contributed by atoms with Gasteiger partial charge in [0, 0.05) is 5.56 Å². The van der Waals surface area contributed by atoms with Gasteiger partial charge in [-0.3, -0.25) is 0 Å². The Labute approximate surface area is 135 Å². The van der Waals surface area contributed by atoms with Crippen molar-refractivity contribution >= 4 is 12.4 Å². The molecule has 1 heterocycles. The fourth-order valence-electron chi connectivity index (χ4n) is 3.07. The zero-order valence-electron chi connectivity index (χ0n) is 12.0. The van der Waals surface area contributed by atoms with E-state index in [4.69, 9.17) is 0 Å². The van der Waals surface area contributed by atoms with Gasteiger partial charge in [0.15, 0.2) is 0 Å². The molecule has 2 aromatic carbocycles. The molecule has 0 saturated heterocycles. The van der Waals surface area contributed by atoms with Gasteiger partial charge in [-0.2, -0.15) is 5.10 Å². The fraction of sp³-hybridized carbons (Fsp3) is 0.167. The Bertz CT molecular complexity index is 793. The molecule has 0 fully saturated rings. The second kappa shape index (κ2) is 5.93. The number of benzene rings is 2. The minimum absolute atomic E-state index is 0. The minimum Gasteiger partial charge on any atom is -0.233 e. The van der Waals surface area contributed by atoms with Crippen molar-refractivity contribution in [2.75, 3.05) is 0 Å². The first-order valence-electron chi connectivity index (χ1n) is 7.24. The lowest BCUT2D eigenvalue weighted by molar-refractivity contribution is 0.627. The molecule has 4 heteroatoms. The summed E-state index contributed by atoms with van der Waals surface area (Å²) in [7, 11) is 0. The van der Waals surface area contributed by atoms with Crippen LogP contribution in [0.15, 0.2) is 54.7 Å². The number of fused-ring (bicyclic) bond motifs is 3. The third-order valence-electron chi connectivity index (χ3n) is 4.08. The van der Waals surface area contributed by atoms with Crippen LogP contribution in [-0.2, 0) is 12.8 Å². The molecule has 0 unspecified atom stereocenters. The van der Waals surface area contributed by atoms with Crippen molar-refractivity contribution in [3.8, 4) is 16.9 Å². The predicted molar refractivity (Wildman–Crippen MR) is 88.2 cm³/mol. The molecule has 0 bridgehead atoms. The van der Waals surface area contributed by atoms with Gasteiger partial charge in [0.1, 0.15) is 5.82 Å². The summed E-state index contributed by atoms with van der Waals surface area (Å²) in [4.78, 5) is 0. The van der Waals surface area contributed by atoms with Crippen molar-refractivity contribution in [3.63, 3.8) is 0 Å². The Hall–Kier alpha value is -2.13. The van der Waals surface area contributed by atoms with Gasteiger partial charge in [-0.15, -0.1) is 12.4 Å². The van der Waals surface area contributed by atoms with E-state index in [1.807, 2.05) is 10.9 Å². The molecule has 0 radical (unpaired) electrons. The highest BCUT2D eigenvalue weighted by molar-refractivity contribution is 5.85. The quantitative estimate of drug-likeness (QED) is 0.642. The van der Waals surface area contributed by atoms with Crippen LogP contribution in [0.2, 0.25) is 0 Å². The summed E-state index contributed by atoms with van der Waals surface area (Å²) < 4.78 is 15.1. The second-order valence-electron chi connectivity index (χ2n) is 5.42. The molecule has 2 nitrogen and oxygen atoms in total. The Morgan fingerprint density at radius 3 is 2.45 bits per heavy atom. The Morgan fingerprint density at radius 2 is 1.64 bits per heavy atom. The first kappa shape index (κ1) is 14.8. The van der Waals surface area contributed by atoms with Crippen LogP contribution in [-0.4, -0.2) is 9.78 Å². The molecule has 0 aliphatic heterocycles. The van der Waals surface area contributed by atoms with Gasteiger partial charge in [0.2, 0.25) is 0 Å². The van der Waals surface area contributed by atoms with Gasteiger partial charge in [-0.25, -0.2) is 9.07 Å². The van der Waals surface area contributed by atoms with E-state index in [0.29, 0.717) is 0 Å². The first-order valence-corrected chi connectivity index (χ1v) is 7.24. The normalized spacial score (nSPS) is 12.8. The van der Waals surface area contributed by atoms with E-state index in [-0.39, 0.29) is 18.2 Å². The van der Waals surface area contributed by atoms with Gasteiger partial charge >= 0.3 is 0 Å². The summed E-state index contributed by atoms with van der Waals surface area (Å²) >= 11 is 0. The zero-order valence-corrected chi connectivity index (χ0v) is 12.8. The Balaban J connectivity index is 0.00000144. The number of aryl methyl sites for hydroxylation is 2. The zero-order chi connectivity index (χ0) is 14.2. The molecule has 1 aliphatic carbocycles. The number of nitrogens with zero attached hydrogens (tertiary/aromatic N) is 2. The van der Waals surface area contributed by atoms with Gasteiger partial charge < -0.3 is 0 Å². The lowest BCUT2D eigenvalue weighted by Crippen LogP contribution is -2.00. The smallest absolute Gasteiger partial charge is 0.123 e. The maximum absolute atomic E-state index is 13.1. The molecule has 0 saturated carbocycles. The minimum atomic E-state index is -0.225. The highest BCUT2D eigenvalue weighted by Gasteiger charge is 2.19. The molecule has 4 rings (SSSR count). The molecule has 0 N–H and O–H groups in total. The fourth-order valence-corrected chi connectivity index (χ4v) is 3.07. The van der Waals surface area contributed by atoms with Crippen LogP contribution in [0.25, 0.3) is 16.9 Å². The Morgan fingerprint density at radius 1 is 0.909 bits per heavy atom. The number of hydrogen-bond acceptors (Lipinski definition) is 1. The number of halogens is 2. The van der Waals surface area contributed by atoms with E-state index in [1.54, 1.807) is 12.1 Å². The van der Waals surface area contributed by atoms with Crippen LogP contribution in [0.5, 0.6) is 0 Å². The van der Waals surface area contributed by atoms with Crippen LogP contribution in [0.1, 0.15) is 17.5 Å². The van der Waals surface area contributed by atoms with Crippen molar-refractivity contribution in [1.29, 1.82) is 0 Å². The third-order valence-corrected chi connectivity index (χ3v) is 4.08. The lowest BCUT2D eigenvalue weighted by atomic mass is 10.0. The van der Waals surface area contributed by atoms with E-state index in [2.05, 4.69) is 29.4 Å². The molecule has 22 heavy (non-hydrogen) atoms. The molecule has 1 aliphatic rings. The largest absolute Gasteiger partial charge is 0.233 e. The van der Waals surface area contributed by atoms with Crippen molar-refractivity contribution in [3.05, 3.63) is 71.7 Å². The van der Waals surface area contributed by atoms with E-state index < -0.39 is 0 Å². The van der Waals surface area contributed by atoms with E-state index in [0.717, 1.165) is 30.6 Å². The summed E-state index contributed by atoms with van der Waals surface area (Å²) in [5, 5.41) is 4.53. The summed E-state index contributed by atoms with van der Waals surface area (Å²) in [6.45, 7) is 0. The summed E-state index contributed by atoms with van der Waals surface area (Å²) in [6.07, 6.45) is 5.21. The number of rotatable bonds is 1. The van der Waals surface area contributed by atoms with Crippen molar-refractivity contribution < 1.29 is 4.39 Å². The van der Waals surface area contributed by atoms with Gasteiger partial charge in [-0.1, -0.05) is 24.3 Å². The summed E-state index contributed by atoms with van der Waals surface area (Å²) in [5.41, 5.74) is 5.92. The topological polar surface area (TPSA) is 17.8 Å². The maximum atomic E-state index is 13.1. The average molecular weight is 315 g/mol. The first-order chi connectivity index (χ1) is 10.3. The van der Waals surface area contributed by atoms with Crippen molar-refractivity contribution in [2.24, 2.45) is 0 Å².